The summed E-state index contributed by atoms with van der Waals surface area (Å²) in [5.41, 5.74) is 5.67. The Morgan fingerprint density at radius 3 is 2.90 bits per heavy atom. The number of hydrogen-bond donors (Lipinski definition) is 1. The molecule has 2 atom stereocenters. The second kappa shape index (κ2) is 7.16. The number of ketones is 1. The van der Waals surface area contributed by atoms with Crippen molar-refractivity contribution in [1.82, 2.24) is 0 Å². The van der Waals surface area contributed by atoms with Crippen molar-refractivity contribution >= 4 is 36.7 Å². The molecule has 1 aromatic rings. The lowest BCUT2D eigenvalue weighted by Gasteiger charge is -2.23. The number of ether oxygens (including phenoxy) is 1. The topological polar surface area (TPSA) is 64.7 Å². The van der Waals surface area contributed by atoms with Gasteiger partial charge in [-0.25, -0.2) is 4.76 Å². The van der Waals surface area contributed by atoms with Gasteiger partial charge in [-0.1, -0.05) is 36.7 Å². The molecule has 20 heavy (non-hydrogen) atoms. The summed E-state index contributed by atoms with van der Waals surface area (Å²) < 4.78 is 10.3. The van der Waals surface area contributed by atoms with Crippen LogP contribution in [0, 0.1) is 0 Å². The molecule has 4 nitrogen and oxygen atoms in total. The lowest BCUT2D eigenvalue weighted by Crippen LogP contribution is -2.32. The summed E-state index contributed by atoms with van der Waals surface area (Å²) in [6, 6.07) is 7.60. The van der Waals surface area contributed by atoms with Gasteiger partial charge in [0.2, 0.25) is 5.90 Å². The fourth-order valence-electron chi connectivity index (χ4n) is 2.05. The standard InChI is InChI=1S/C14H18ClN2O2P/c1-2-12-11(18)7-8-20(17-14(9-16)19-12)13-6-4-3-5-10(13)15/h3-6,12H,2,7-9,16H2,1H3/b17-14-. The third-order valence-corrected chi connectivity index (χ3v) is 5.63. The SMILES string of the molecule is CCC1O/C(CN)=N\P(c2ccccc2Cl)CCC1=O. The van der Waals surface area contributed by atoms with Crippen LogP contribution in [0.4, 0.5) is 0 Å². The Kier molecular flexibility index (Phi) is 5.53. The van der Waals surface area contributed by atoms with Crippen LogP contribution < -0.4 is 11.0 Å². The van der Waals surface area contributed by atoms with Gasteiger partial charge in [0, 0.05) is 11.7 Å². The van der Waals surface area contributed by atoms with Crippen LogP contribution in [0.25, 0.3) is 0 Å². The first-order chi connectivity index (χ1) is 9.65. The molecule has 6 heteroatoms. The Balaban J connectivity index is 2.32. The third kappa shape index (κ3) is 3.57. The van der Waals surface area contributed by atoms with E-state index in [4.69, 9.17) is 22.1 Å². The van der Waals surface area contributed by atoms with Gasteiger partial charge in [0.05, 0.1) is 19.6 Å². The number of nitrogens with zero attached hydrogens (tertiary/aromatic N) is 1. The van der Waals surface area contributed by atoms with Crippen molar-refractivity contribution in [2.24, 2.45) is 10.5 Å². The van der Waals surface area contributed by atoms with Crippen molar-refractivity contribution in [3.8, 4) is 0 Å². The second-order valence-electron chi connectivity index (χ2n) is 4.50. The van der Waals surface area contributed by atoms with E-state index < -0.39 is 14.2 Å². The number of benzene rings is 1. The molecule has 1 aliphatic heterocycles. The van der Waals surface area contributed by atoms with Gasteiger partial charge in [-0.05, 0) is 18.6 Å². The van der Waals surface area contributed by atoms with E-state index in [-0.39, 0.29) is 12.3 Å². The minimum absolute atomic E-state index is 0.118. The molecule has 0 bridgehead atoms. The lowest BCUT2D eigenvalue weighted by atomic mass is 10.1. The van der Waals surface area contributed by atoms with Gasteiger partial charge in [-0.2, -0.15) is 0 Å². The molecule has 0 spiro atoms. The van der Waals surface area contributed by atoms with Crippen LogP contribution in [0.2, 0.25) is 5.02 Å². The first kappa shape index (κ1) is 15.4. The van der Waals surface area contributed by atoms with E-state index >= 15 is 0 Å². The van der Waals surface area contributed by atoms with Gasteiger partial charge < -0.3 is 10.5 Å². The zero-order valence-corrected chi connectivity index (χ0v) is 13.0. The van der Waals surface area contributed by atoms with Crippen LogP contribution in [0.3, 0.4) is 0 Å². The molecule has 1 heterocycles. The summed E-state index contributed by atoms with van der Waals surface area (Å²) in [5.74, 6) is 0.573. The smallest absolute Gasteiger partial charge is 0.202 e. The summed E-state index contributed by atoms with van der Waals surface area (Å²) in [4.78, 5) is 12.1. The molecule has 0 saturated heterocycles. The van der Waals surface area contributed by atoms with Crippen LogP contribution in [0.5, 0.6) is 0 Å². The van der Waals surface area contributed by atoms with Gasteiger partial charge in [0.25, 0.3) is 0 Å². The highest BCUT2D eigenvalue weighted by Gasteiger charge is 2.25. The maximum Gasteiger partial charge on any atom is 0.202 e. The van der Waals surface area contributed by atoms with Gasteiger partial charge in [0.15, 0.2) is 11.9 Å². The van der Waals surface area contributed by atoms with Crippen molar-refractivity contribution in [3.63, 3.8) is 0 Å². The first-order valence-electron chi connectivity index (χ1n) is 6.64. The highest BCUT2D eigenvalue weighted by molar-refractivity contribution is 7.64. The van der Waals surface area contributed by atoms with E-state index in [1.165, 1.54) is 0 Å². The Morgan fingerprint density at radius 1 is 1.50 bits per heavy atom. The van der Waals surface area contributed by atoms with Crippen LogP contribution in [0.1, 0.15) is 19.8 Å². The molecule has 0 fully saturated rings. The fourth-order valence-corrected chi connectivity index (χ4v) is 4.34. The number of carbonyl (C=O) groups is 1. The normalized spacial score (nSPS) is 26.1. The van der Waals surface area contributed by atoms with E-state index in [9.17, 15) is 4.79 Å². The highest BCUT2D eigenvalue weighted by Crippen LogP contribution is 2.40. The van der Waals surface area contributed by atoms with E-state index in [1.54, 1.807) is 0 Å². The minimum Gasteiger partial charge on any atom is -0.469 e. The van der Waals surface area contributed by atoms with Crippen molar-refractivity contribution in [2.75, 3.05) is 12.7 Å². The molecule has 0 aromatic heterocycles. The van der Waals surface area contributed by atoms with E-state index in [1.807, 2.05) is 31.2 Å². The molecule has 1 aromatic carbocycles. The van der Waals surface area contributed by atoms with E-state index in [0.29, 0.717) is 29.9 Å². The largest absolute Gasteiger partial charge is 0.469 e. The minimum atomic E-state index is -0.897. The molecule has 1 aliphatic rings. The van der Waals surface area contributed by atoms with Crippen molar-refractivity contribution in [3.05, 3.63) is 29.3 Å². The fraction of sp³-hybridized carbons (Fsp3) is 0.429. The Morgan fingerprint density at radius 2 is 2.25 bits per heavy atom. The van der Waals surface area contributed by atoms with E-state index in [2.05, 4.69) is 4.76 Å². The monoisotopic (exact) mass is 312 g/mol. The third-order valence-electron chi connectivity index (χ3n) is 3.12. The predicted molar refractivity (Wildman–Crippen MR) is 84.2 cm³/mol. The van der Waals surface area contributed by atoms with Crippen LogP contribution in [0.15, 0.2) is 29.0 Å². The quantitative estimate of drug-likeness (QED) is 0.872. The molecule has 2 unspecified atom stereocenters. The molecular formula is C14H18ClN2O2P. The van der Waals surface area contributed by atoms with Crippen molar-refractivity contribution in [1.29, 1.82) is 0 Å². The number of carbonyl (C=O) groups excluding carboxylic acids is 1. The van der Waals surface area contributed by atoms with Gasteiger partial charge >= 0.3 is 0 Å². The lowest BCUT2D eigenvalue weighted by molar-refractivity contribution is -0.126. The number of nitrogens with two attached hydrogens (primary N) is 1. The average molecular weight is 313 g/mol. The van der Waals surface area contributed by atoms with Crippen LogP contribution >= 0.6 is 19.7 Å². The Bertz CT molecular complexity index is 522. The predicted octanol–water partition coefficient (Wildman–Crippen LogP) is 2.49. The molecule has 0 radical (unpaired) electrons. The molecule has 0 aliphatic carbocycles. The molecule has 0 amide bonds. The molecular weight excluding hydrogens is 295 g/mol. The summed E-state index contributed by atoms with van der Waals surface area (Å²) in [5, 5.41) is 1.65. The van der Waals surface area contributed by atoms with Gasteiger partial charge in [0.1, 0.15) is 0 Å². The summed E-state index contributed by atoms with van der Waals surface area (Å²) in [6.07, 6.45) is 1.39. The average Bonchev–Trinajstić information content (AvgIpc) is 2.45. The first-order valence-corrected chi connectivity index (χ1v) is 8.50. The number of rotatable bonds is 3. The highest BCUT2D eigenvalue weighted by atomic mass is 35.5. The Hall–Kier alpha value is -0.960. The summed E-state index contributed by atoms with van der Waals surface area (Å²) >= 11 is 6.22. The molecule has 2 N–H and O–H groups in total. The van der Waals surface area contributed by atoms with Crippen LogP contribution in [-0.2, 0) is 9.53 Å². The number of Topliss-reactive ketones (excluding diaryl/α,β-unsaturated/α-hetero) is 1. The summed E-state index contributed by atoms with van der Waals surface area (Å²) in [6.45, 7) is 2.13. The zero-order chi connectivity index (χ0) is 14.5. The maximum absolute atomic E-state index is 12.1. The number of hydrogen-bond acceptors (Lipinski definition) is 4. The van der Waals surface area contributed by atoms with Crippen molar-refractivity contribution in [2.45, 2.75) is 25.9 Å². The molecule has 2 rings (SSSR count). The van der Waals surface area contributed by atoms with Gasteiger partial charge in [-0.3, -0.25) is 4.79 Å². The number of halogens is 1. The van der Waals surface area contributed by atoms with Crippen LogP contribution in [-0.4, -0.2) is 30.5 Å². The van der Waals surface area contributed by atoms with Gasteiger partial charge in [-0.15, -0.1) is 0 Å². The van der Waals surface area contributed by atoms with E-state index in [0.717, 1.165) is 5.30 Å². The second-order valence-corrected chi connectivity index (χ2v) is 6.84. The maximum atomic E-state index is 12.1. The zero-order valence-electron chi connectivity index (χ0n) is 11.4. The van der Waals surface area contributed by atoms with Crippen molar-refractivity contribution < 1.29 is 9.53 Å². The summed E-state index contributed by atoms with van der Waals surface area (Å²) in [7, 11) is -0.897. The molecule has 0 saturated carbocycles. The Labute approximate surface area is 125 Å². The molecule has 108 valence electrons.